The highest BCUT2D eigenvalue weighted by Gasteiger charge is 2.18. The predicted molar refractivity (Wildman–Crippen MR) is 48.0 cm³/mol. The average Bonchev–Trinajstić information content (AvgIpc) is 1.97. The van der Waals surface area contributed by atoms with Gasteiger partial charge in [0.25, 0.3) is 0 Å². The number of anilines is 1. The van der Waals surface area contributed by atoms with E-state index in [1.807, 2.05) is 0 Å². The highest BCUT2D eigenvalue weighted by molar-refractivity contribution is 5.45. The second kappa shape index (κ2) is 2.96. The zero-order valence-electron chi connectivity index (χ0n) is 7.57. The number of halogens is 2. The maximum Gasteiger partial charge on any atom is 0.181 e. The largest absolute Gasteiger partial charge is 0.396 e. The molecule has 0 saturated carbocycles. The molecule has 0 aromatic heterocycles. The van der Waals surface area contributed by atoms with Crippen molar-refractivity contribution in [1.82, 2.24) is 0 Å². The van der Waals surface area contributed by atoms with E-state index < -0.39 is 17.2 Å². The predicted octanol–water partition coefficient (Wildman–Crippen LogP) is 1.74. The Kier molecular flexibility index (Phi) is 2.26. The molecule has 1 aromatic rings. The van der Waals surface area contributed by atoms with Gasteiger partial charge in [0.05, 0.1) is 5.69 Å². The summed E-state index contributed by atoms with van der Waals surface area (Å²) in [4.78, 5) is 0. The number of rotatable bonds is 1. The van der Waals surface area contributed by atoms with Crippen LogP contribution in [0.15, 0.2) is 12.1 Å². The fraction of sp³-hybridized carbons (Fsp3) is 0.333. The van der Waals surface area contributed by atoms with Crippen LogP contribution in [0.25, 0.3) is 0 Å². The first kappa shape index (κ1) is 9.92. The first-order valence-electron chi connectivity index (χ1n) is 3.86. The van der Waals surface area contributed by atoms with Crippen LogP contribution < -0.4 is 11.5 Å². The molecule has 0 aliphatic carbocycles. The van der Waals surface area contributed by atoms with E-state index >= 15 is 0 Å². The molecular weight excluding hydrogens is 174 g/mol. The molecule has 0 bridgehead atoms. The zero-order valence-corrected chi connectivity index (χ0v) is 7.57. The van der Waals surface area contributed by atoms with Gasteiger partial charge < -0.3 is 11.5 Å². The Morgan fingerprint density at radius 1 is 1.23 bits per heavy atom. The molecular formula is C9H12F2N2. The van der Waals surface area contributed by atoms with Gasteiger partial charge in [0, 0.05) is 5.54 Å². The monoisotopic (exact) mass is 186 g/mol. The smallest absolute Gasteiger partial charge is 0.181 e. The maximum absolute atomic E-state index is 12.9. The molecule has 1 aromatic carbocycles. The SMILES string of the molecule is CC(C)(N)c1cc(N)c(F)c(F)c1. The van der Waals surface area contributed by atoms with Crippen LogP contribution in [-0.2, 0) is 5.54 Å². The lowest BCUT2D eigenvalue weighted by Gasteiger charge is -2.19. The van der Waals surface area contributed by atoms with Crippen molar-refractivity contribution in [2.75, 3.05) is 5.73 Å². The Balaban J connectivity index is 3.29. The lowest BCUT2D eigenvalue weighted by molar-refractivity contribution is 0.497. The molecule has 2 nitrogen and oxygen atoms in total. The summed E-state index contributed by atoms with van der Waals surface area (Å²) >= 11 is 0. The van der Waals surface area contributed by atoms with Gasteiger partial charge in [-0.15, -0.1) is 0 Å². The van der Waals surface area contributed by atoms with Gasteiger partial charge >= 0.3 is 0 Å². The van der Waals surface area contributed by atoms with Crippen molar-refractivity contribution in [2.24, 2.45) is 5.73 Å². The molecule has 0 aliphatic rings. The molecule has 1 rings (SSSR count). The van der Waals surface area contributed by atoms with E-state index in [0.29, 0.717) is 5.56 Å². The summed E-state index contributed by atoms with van der Waals surface area (Å²) in [5.41, 5.74) is 10.5. The van der Waals surface area contributed by atoms with Crippen LogP contribution in [0.4, 0.5) is 14.5 Å². The van der Waals surface area contributed by atoms with Crippen molar-refractivity contribution in [1.29, 1.82) is 0 Å². The summed E-state index contributed by atoms with van der Waals surface area (Å²) in [5, 5.41) is 0. The minimum absolute atomic E-state index is 0.214. The van der Waals surface area contributed by atoms with Gasteiger partial charge in [-0.05, 0) is 31.5 Å². The topological polar surface area (TPSA) is 52.0 Å². The summed E-state index contributed by atoms with van der Waals surface area (Å²) in [6.07, 6.45) is 0. The molecule has 4 N–H and O–H groups in total. The van der Waals surface area contributed by atoms with Gasteiger partial charge in [-0.1, -0.05) is 0 Å². The van der Waals surface area contributed by atoms with Gasteiger partial charge in [0.1, 0.15) is 0 Å². The van der Waals surface area contributed by atoms with E-state index in [2.05, 4.69) is 0 Å². The third kappa shape index (κ3) is 1.95. The number of nitrogens with two attached hydrogens (primary N) is 2. The third-order valence-corrected chi connectivity index (χ3v) is 1.80. The molecule has 0 saturated heterocycles. The summed E-state index contributed by atoms with van der Waals surface area (Å²) in [7, 11) is 0. The van der Waals surface area contributed by atoms with E-state index in [4.69, 9.17) is 11.5 Å². The first-order valence-corrected chi connectivity index (χ1v) is 3.86. The molecule has 4 heteroatoms. The van der Waals surface area contributed by atoms with Gasteiger partial charge in [-0.25, -0.2) is 8.78 Å². The molecule has 0 radical (unpaired) electrons. The Bertz CT molecular complexity index is 306. The Hall–Kier alpha value is -1.16. The fourth-order valence-corrected chi connectivity index (χ4v) is 0.982. The van der Waals surface area contributed by atoms with Crippen molar-refractivity contribution in [3.8, 4) is 0 Å². The van der Waals surface area contributed by atoms with Crippen LogP contribution in [0.1, 0.15) is 19.4 Å². The molecule has 0 aliphatic heterocycles. The molecule has 13 heavy (non-hydrogen) atoms. The zero-order chi connectivity index (χ0) is 10.2. The van der Waals surface area contributed by atoms with Gasteiger partial charge in [-0.3, -0.25) is 0 Å². The summed E-state index contributed by atoms with van der Waals surface area (Å²) in [6.45, 7) is 3.39. The Morgan fingerprint density at radius 2 is 1.77 bits per heavy atom. The molecule has 0 fully saturated rings. The standard InChI is InChI=1S/C9H12F2N2/c1-9(2,13)5-3-6(10)8(11)7(12)4-5/h3-4H,12-13H2,1-2H3. The van der Waals surface area contributed by atoms with Crippen LogP contribution in [-0.4, -0.2) is 0 Å². The van der Waals surface area contributed by atoms with E-state index in [1.54, 1.807) is 13.8 Å². The second-order valence-corrected chi connectivity index (χ2v) is 3.58. The highest BCUT2D eigenvalue weighted by atomic mass is 19.2. The van der Waals surface area contributed by atoms with Crippen molar-refractivity contribution in [3.63, 3.8) is 0 Å². The molecule has 0 spiro atoms. The Labute approximate surface area is 75.5 Å². The van der Waals surface area contributed by atoms with Crippen LogP contribution >= 0.6 is 0 Å². The molecule has 0 heterocycles. The minimum atomic E-state index is -1.02. The van der Waals surface area contributed by atoms with E-state index in [-0.39, 0.29) is 5.69 Å². The van der Waals surface area contributed by atoms with Crippen molar-refractivity contribution >= 4 is 5.69 Å². The summed E-state index contributed by atoms with van der Waals surface area (Å²) in [6, 6.07) is 2.41. The van der Waals surface area contributed by atoms with Crippen LogP contribution in [0.3, 0.4) is 0 Å². The van der Waals surface area contributed by atoms with Crippen LogP contribution in [0.2, 0.25) is 0 Å². The van der Waals surface area contributed by atoms with Crippen LogP contribution in [0, 0.1) is 11.6 Å². The second-order valence-electron chi connectivity index (χ2n) is 3.58. The van der Waals surface area contributed by atoms with Gasteiger partial charge in [0.2, 0.25) is 0 Å². The third-order valence-electron chi connectivity index (χ3n) is 1.80. The van der Waals surface area contributed by atoms with Gasteiger partial charge in [-0.2, -0.15) is 0 Å². The molecule has 0 unspecified atom stereocenters. The quantitative estimate of drug-likeness (QED) is 0.656. The molecule has 0 atom stereocenters. The normalized spacial score (nSPS) is 11.8. The van der Waals surface area contributed by atoms with Crippen molar-refractivity contribution in [3.05, 3.63) is 29.3 Å². The van der Waals surface area contributed by atoms with Crippen molar-refractivity contribution < 1.29 is 8.78 Å². The number of hydrogen-bond acceptors (Lipinski definition) is 2. The number of nitrogen functional groups attached to an aromatic ring is 1. The average molecular weight is 186 g/mol. The highest BCUT2D eigenvalue weighted by Crippen LogP contribution is 2.23. The fourth-order valence-electron chi connectivity index (χ4n) is 0.982. The minimum Gasteiger partial charge on any atom is -0.396 e. The molecule has 72 valence electrons. The lowest BCUT2D eigenvalue weighted by Crippen LogP contribution is -2.29. The number of hydrogen-bond donors (Lipinski definition) is 2. The Morgan fingerprint density at radius 3 is 2.15 bits per heavy atom. The van der Waals surface area contributed by atoms with Crippen LogP contribution in [0.5, 0.6) is 0 Å². The summed E-state index contributed by atoms with van der Waals surface area (Å²) in [5.74, 6) is -1.98. The maximum atomic E-state index is 12.9. The van der Waals surface area contributed by atoms with Gasteiger partial charge in [0.15, 0.2) is 11.6 Å². The number of benzene rings is 1. The van der Waals surface area contributed by atoms with E-state index in [9.17, 15) is 8.78 Å². The van der Waals surface area contributed by atoms with Crippen molar-refractivity contribution in [2.45, 2.75) is 19.4 Å². The first-order chi connectivity index (χ1) is 5.82. The lowest BCUT2D eigenvalue weighted by atomic mass is 9.95. The molecule has 0 amide bonds. The summed E-state index contributed by atoms with van der Waals surface area (Å²) < 4.78 is 25.6. The van der Waals surface area contributed by atoms with E-state index in [1.165, 1.54) is 6.07 Å². The van der Waals surface area contributed by atoms with E-state index in [0.717, 1.165) is 6.07 Å².